The van der Waals surface area contributed by atoms with Crippen LogP contribution in [0, 0.1) is 0 Å². The summed E-state index contributed by atoms with van der Waals surface area (Å²) >= 11 is 6.18. The molecular formula is C23H32ClN5O2. The number of piperazine rings is 1. The molecule has 3 heterocycles. The molecule has 1 aliphatic carbocycles. The van der Waals surface area contributed by atoms with Crippen molar-refractivity contribution in [2.75, 3.05) is 45.2 Å². The first-order valence-corrected chi connectivity index (χ1v) is 11.4. The molecule has 168 valence electrons. The van der Waals surface area contributed by atoms with Gasteiger partial charge < -0.3 is 20.4 Å². The predicted octanol–water partition coefficient (Wildman–Crippen LogP) is 2.62. The zero-order valence-corrected chi connectivity index (χ0v) is 18.9. The van der Waals surface area contributed by atoms with Crippen LogP contribution >= 0.6 is 11.6 Å². The second kappa shape index (κ2) is 9.79. The van der Waals surface area contributed by atoms with Crippen molar-refractivity contribution < 1.29 is 10.2 Å². The number of rotatable bonds is 6. The van der Waals surface area contributed by atoms with Crippen LogP contribution in [0.25, 0.3) is 11.3 Å². The summed E-state index contributed by atoms with van der Waals surface area (Å²) in [5, 5.41) is 23.7. The average Bonchev–Trinajstić information content (AvgIpc) is 2.78. The molecule has 7 nitrogen and oxygen atoms in total. The first-order valence-electron chi connectivity index (χ1n) is 11.1. The van der Waals surface area contributed by atoms with E-state index in [9.17, 15) is 10.2 Å². The molecule has 2 aliphatic rings. The maximum atomic E-state index is 10.3. The molecule has 0 bridgehead atoms. The number of pyridine rings is 2. The van der Waals surface area contributed by atoms with E-state index in [1.165, 1.54) is 5.56 Å². The van der Waals surface area contributed by atoms with Crippen molar-refractivity contribution in [3.05, 3.63) is 41.3 Å². The molecule has 0 unspecified atom stereocenters. The Bertz CT molecular complexity index is 863. The summed E-state index contributed by atoms with van der Waals surface area (Å²) < 4.78 is 0. The molecule has 0 aromatic carbocycles. The quantitative estimate of drug-likeness (QED) is 0.589. The Morgan fingerprint density at radius 2 is 1.87 bits per heavy atom. The van der Waals surface area contributed by atoms with Gasteiger partial charge in [0.05, 0.1) is 17.9 Å². The minimum absolute atomic E-state index is 0.184. The summed E-state index contributed by atoms with van der Waals surface area (Å²) in [5.74, 6) is 0. The number of hydrogen-bond donors (Lipinski definition) is 3. The second-order valence-corrected chi connectivity index (χ2v) is 9.37. The van der Waals surface area contributed by atoms with E-state index in [0.29, 0.717) is 18.0 Å². The standard InChI is InChI=1S/C23H32ClN5O2/c1-28-8-10-29(11-9-28)15-17-2-3-20(25-13-17)19-14-26-22(24)12-21(19)27-18-4-6-23(31,16-30)7-5-18/h2-3,12-14,18,30-31H,4-11,15-16H2,1H3,(H,26,27). The maximum absolute atomic E-state index is 10.3. The van der Waals surface area contributed by atoms with Crippen LogP contribution in [-0.4, -0.2) is 81.5 Å². The third kappa shape index (κ3) is 5.73. The van der Waals surface area contributed by atoms with Crippen LogP contribution in [0.15, 0.2) is 30.6 Å². The highest BCUT2D eigenvalue weighted by Crippen LogP contribution is 2.33. The minimum atomic E-state index is -0.946. The van der Waals surface area contributed by atoms with E-state index < -0.39 is 5.60 Å². The van der Waals surface area contributed by atoms with E-state index in [1.54, 1.807) is 6.20 Å². The SMILES string of the molecule is CN1CCN(Cc2ccc(-c3cnc(Cl)cc3NC3CCC(O)(CO)CC3)nc2)CC1. The lowest BCUT2D eigenvalue weighted by Gasteiger charge is -2.35. The molecule has 0 atom stereocenters. The number of nitrogens with zero attached hydrogens (tertiary/aromatic N) is 4. The lowest BCUT2D eigenvalue weighted by atomic mass is 9.82. The van der Waals surface area contributed by atoms with Crippen LogP contribution in [0.1, 0.15) is 31.2 Å². The van der Waals surface area contributed by atoms with Gasteiger partial charge in [-0.25, -0.2) is 4.98 Å². The lowest BCUT2D eigenvalue weighted by Crippen LogP contribution is -2.43. The summed E-state index contributed by atoms with van der Waals surface area (Å²) in [6.07, 6.45) is 6.44. The van der Waals surface area contributed by atoms with E-state index in [2.05, 4.69) is 33.2 Å². The number of hydrogen-bond acceptors (Lipinski definition) is 7. The van der Waals surface area contributed by atoms with Crippen molar-refractivity contribution in [3.63, 3.8) is 0 Å². The summed E-state index contributed by atoms with van der Waals surface area (Å²) in [4.78, 5) is 13.8. The van der Waals surface area contributed by atoms with Gasteiger partial charge in [0, 0.05) is 62.4 Å². The van der Waals surface area contributed by atoms with Gasteiger partial charge in [-0.2, -0.15) is 0 Å². The van der Waals surface area contributed by atoms with Crippen molar-refractivity contribution in [2.24, 2.45) is 0 Å². The molecule has 3 N–H and O–H groups in total. The highest BCUT2D eigenvalue weighted by Gasteiger charge is 2.32. The highest BCUT2D eigenvalue weighted by atomic mass is 35.5. The Morgan fingerprint density at radius 3 is 2.52 bits per heavy atom. The number of anilines is 1. The number of nitrogens with one attached hydrogen (secondary N) is 1. The van der Waals surface area contributed by atoms with E-state index in [1.807, 2.05) is 18.3 Å². The predicted molar refractivity (Wildman–Crippen MR) is 123 cm³/mol. The molecule has 0 radical (unpaired) electrons. The first-order chi connectivity index (χ1) is 14.9. The van der Waals surface area contributed by atoms with Crippen LogP contribution < -0.4 is 5.32 Å². The highest BCUT2D eigenvalue weighted by molar-refractivity contribution is 6.29. The van der Waals surface area contributed by atoms with Crippen LogP contribution in [0.2, 0.25) is 5.15 Å². The van der Waals surface area contributed by atoms with Crippen molar-refractivity contribution in [3.8, 4) is 11.3 Å². The normalized spacial score (nSPS) is 25.5. The third-order valence-electron chi connectivity index (χ3n) is 6.54. The van der Waals surface area contributed by atoms with Gasteiger partial charge in [0.1, 0.15) is 5.15 Å². The van der Waals surface area contributed by atoms with Crippen molar-refractivity contribution >= 4 is 17.3 Å². The van der Waals surface area contributed by atoms with Crippen LogP contribution in [0.5, 0.6) is 0 Å². The fourth-order valence-corrected chi connectivity index (χ4v) is 4.53. The minimum Gasteiger partial charge on any atom is -0.393 e. The van der Waals surface area contributed by atoms with Crippen LogP contribution in [0.4, 0.5) is 5.69 Å². The maximum Gasteiger partial charge on any atom is 0.131 e. The lowest BCUT2D eigenvalue weighted by molar-refractivity contribution is -0.0438. The number of halogens is 1. The summed E-state index contributed by atoms with van der Waals surface area (Å²) in [6, 6.07) is 6.23. The molecule has 2 aromatic heterocycles. The Kier molecular flexibility index (Phi) is 7.08. The smallest absolute Gasteiger partial charge is 0.131 e. The van der Waals surface area contributed by atoms with Crippen molar-refractivity contribution in [2.45, 2.75) is 43.9 Å². The van der Waals surface area contributed by atoms with Crippen molar-refractivity contribution in [1.29, 1.82) is 0 Å². The van der Waals surface area contributed by atoms with E-state index in [4.69, 9.17) is 16.6 Å². The fraction of sp³-hybridized carbons (Fsp3) is 0.565. The zero-order valence-electron chi connectivity index (χ0n) is 18.1. The Balaban J connectivity index is 1.44. The Morgan fingerprint density at radius 1 is 1.13 bits per heavy atom. The van der Waals surface area contributed by atoms with Gasteiger partial charge in [-0.1, -0.05) is 17.7 Å². The molecule has 1 saturated carbocycles. The van der Waals surface area contributed by atoms with Gasteiger partial charge in [0.25, 0.3) is 0 Å². The van der Waals surface area contributed by atoms with Gasteiger partial charge in [0.2, 0.25) is 0 Å². The summed E-state index contributed by atoms with van der Waals surface area (Å²) in [7, 11) is 2.17. The molecule has 0 amide bonds. The Hall–Kier alpha value is -1.77. The van der Waals surface area contributed by atoms with Crippen molar-refractivity contribution in [1.82, 2.24) is 19.8 Å². The molecule has 2 aromatic rings. The fourth-order valence-electron chi connectivity index (χ4n) is 4.37. The zero-order chi connectivity index (χ0) is 21.8. The molecule has 1 aliphatic heterocycles. The van der Waals surface area contributed by atoms with E-state index in [0.717, 1.165) is 62.5 Å². The van der Waals surface area contributed by atoms with Crippen LogP contribution in [0.3, 0.4) is 0 Å². The monoisotopic (exact) mass is 445 g/mol. The molecule has 31 heavy (non-hydrogen) atoms. The molecule has 8 heteroatoms. The number of aromatic nitrogens is 2. The molecule has 2 fully saturated rings. The molecular weight excluding hydrogens is 414 g/mol. The number of aliphatic hydroxyl groups excluding tert-OH is 1. The summed E-state index contributed by atoms with van der Waals surface area (Å²) in [6.45, 7) is 5.11. The number of aliphatic hydroxyl groups is 2. The first kappa shape index (κ1) is 22.4. The molecule has 0 spiro atoms. The largest absolute Gasteiger partial charge is 0.393 e. The van der Waals surface area contributed by atoms with E-state index in [-0.39, 0.29) is 12.6 Å². The van der Waals surface area contributed by atoms with Crippen LogP contribution in [-0.2, 0) is 6.54 Å². The van der Waals surface area contributed by atoms with Gasteiger partial charge in [-0.3, -0.25) is 9.88 Å². The van der Waals surface area contributed by atoms with Gasteiger partial charge in [0.15, 0.2) is 0 Å². The topological polar surface area (TPSA) is 84.8 Å². The molecule has 4 rings (SSSR count). The average molecular weight is 446 g/mol. The second-order valence-electron chi connectivity index (χ2n) is 8.98. The Labute approximate surface area is 189 Å². The number of likely N-dealkylation sites (N-methyl/N-ethyl adjacent to an activating group) is 1. The molecule has 1 saturated heterocycles. The third-order valence-corrected chi connectivity index (χ3v) is 6.75. The van der Waals surface area contributed by atoms with Gasteiger partial charge >= 0.3 is 0 Å². The summed E-state index contributed by atoms with van der Waals surface area (Å²) in [5.41, 5.74) is 2.94. The van der Waals surface area contributed by atoms with E-state index >= 15 is 0 Å². The van der Waals surface area contributed by atoms with Gasteiger partial charge in [-0.15, -0.1) is 0 Å². The van der Waals surface area contributed by atoms with Gasteiger partial charge in [-0.05, 0) is 50.4 Å².